The first-order valence-corrected chi connectivity index (χ1v) is 5.14. The van der Waals surface area contributed by atoms with Crippen LogP contribution < -0.4 is 5.73 Å². The largest absolute Gasteiger partial charge is 0.480 e. The molecule has 0 aliphatic rings. The van der Waals surface area contributed by atoms with Crippen LogP contribution in [0.5, 0.6) is 0 Å². The van der Waals surface area contributed by atoms with Crippen LogP contribution in [0.3, 0.4) is 0 Å². The number of aliphatic carboxylic acids is 1. The van der Waals surface area contributed by atoms with Crippen LogP contribution in [0.25, 0.3) is 0 Å². The van der Waals surface area contributed by atoms with E-state index in [4.69, 9.17) is 31.3 Å². The summed E-state index contributed by atoms with van der Waals surface area (Å²) in [5, 5.41) is 42.1. The molecule has 0 aromatic carbocycles. The van der Waals surface area contributed by atoms with Crippen molar-refractivity contribution in [2.24, 2.45) is 5.73 Å². The van der Waals surface area contributed by atoms with Crippen LogP contribution in [0.4, 0.5) is 0 Å². The van der Waals surface area contributed by atoms with Gasteiger partial charge >= 0.3 is 5.97 Å². The van der Waals surface area contributed by atoms with E-state index in [1.807, 2.05) is 0 Å². The molecular weight excluding hydrogens is 254 g/mol. The average Bonchev–Trinajstić information content (AvgIpc) is 2.35. The molecule has 0 saturated carbocycles. The monoisotopic (exact) mass is 271 g/mol. The lowest BCUT2D eigenvalue weighted by molar-refractivity contribution is -0.137. The number of carbonyl (C=O) groups excluding carboxylic acids is 1. The predicted molar refractivity (Wildman–Crippen MR) is 60.6 cm³/mol. The molecule has 0 radical (unpaired) electrons. The van der Waals surface area contributed by atoms with Gasteiger partial charge in [-0.05, 0) is 0 Å². The zero-order valence-electron chi connectivity index (χ0n) is 8.88. The Balaban J connectivity index is 0. The normalized spacial score (nSPS) is 17.1. The Labute approximate surface area is 103 Å². The van der Waals surface area contributed by atoms with Gasteiger partial charge in [-0.15, -0.1) is 0 Å². The zero-order chi connectivity index (χ0) is 14.0. The third-order valence-corrected chi connectivity index (χ3v) is 1.98. The Kier molecular flexibility index (Phi) is 11.5. The van der Waals surface area contributed by atoms with Crippen molar-refractivity contribution in [1.82, 2.24) is 0 Å². The number of carboxylic acid groups (broad SMARTS) is 1. The molecule has 17 heavy (non-hydrogen) atoms. The molecule has 0 unspecified atom stereocenters. The van der Waals surface area contributed by atoms with Crippen LogP contribution in [0, 0.1) is 0 Å². The van der Waals surface area contributed by atoms with Crippen molar-refractivity contribution in [3.05, 3.63) is 0 Å². The van der Waals surface area contributed by atoms with E-state index in [9.17, 15) is 9.59 Å². The van der Waals surface area contributed by atoms with Gasteiger partial charge in [0.25, 0.3) is 0 Å². The molecule has 0 bridgehead atoms. The second-order valence-electron chi connectivity index (χ2n) is 2.99. The fraction of sp³-hybridized carbons (Fsp3) is 0.750. The second kappa shape index (κ2) is 10.4. The van der Waals surface area contributed by atoms with Crippen LogP contribution in [0.15, 0.2) is 0 Å². The van der Waals surface area contributed by atoms with Gasteiger partial charge in [0.05, 0.1) is 6.61 Å². The van der Waals surface area contributed by atoms with E-state index in [1.165, 1.54) is 0 Å². The van der Waals surface area contributed by atoms with Gasteiger partial charge in [0, 0.05) is 5.75 Å². The number of aliphatic hydroxyl groups excluding tert-OH is 4. The molecule has 0 aliphatic heterocycles. The minimum Gasteiger partial charge on any atom is -0.480 e. The van der Waals surface area contributed by atoms with Gasteiger partial charge in [0.15, 0.2) is 6.29 Å². The molecule has 0 saturated heterocycles. The van der Waals surface area contributed by atoms with Crippen molar-refractivity contribution in [2.45, 2.75) is 24.4 Å². The summed E-state index contributed by atoms with van der Waals surface area (Å²) < 4.78 is 0. The first-order valence-electron chi connectivity index (χ1n) is 4.51. The molecule has 0 aromatic rings. The quantitative estimate of drug-likeness (QED) is 0.194. The second-order valence-corrected chi connectivity index (χ2v) is 3.36. The lowest BCUT2D eigenvalue weighted by atomic mass is 10.1. The average molecular weight is 271 g/mol. The van der Waals surface area contributed by atoms with Crippen LogP contribution in [0.1, 0.15) is 0 Å². The number of rotatable bonds is 6. The van der Waals surface area contributed by atoms with Crippen molar-refractivity contribution < 1.29 is 35.1 Å². The molecule has 0 aromatic heterocycles. The standard InChI is InChI=1S/C5H10O5.C3H7NO2S/c6-1-3(8)5(10)4(9)2-7;4-2(1-7)3(5)6/h1,3-5,7-10H,2H2;2,7H,1,4H2,(H,5,6)/t3-,4+,5+;2-/m00/s1. The molecule has 0 spiro atoms. The molecule has 0 heterocycles. The highest BCUT2D eigenvalue weighted by molar-refractivity contribution is 7.80. The van der Waals surface area contributed by atoms with Gasteiger partial charge < -0.3 is 36.1 Å². The first-order chi connectivity index (χ1) is 7.81. The van der Waals surface area contributed by atoms with E-state index in [1.54, 1.807) is 0 Å². The van der Waals surface area contributed by atoms with E-state index >= 15 is 0 Å². The lowest BCUT2D eigenvalue weighted by Crippen LogP contribution is -2.40. The number of hydrogen-bond donors (Lipinski definition) is 7. The maximum Gasteiger partial charge on any atom is 0.321 e. The molecular formula is C8H17NO7S. The molecule has 0 aliphatic carbocycles. The minimum atomic E-state index is -1.64. The number of aldehydes is 1. The van der Waals surface area contributed by atoms with Crippen molar-refractivity contribution >= 4 is 24.9 Å². The van der Waals surface area contributed by atoms with Gasteiger partial charge in [-0.1, -0.05) is 0 Å². The van der Waals surface area contributed by atoms with Crippen LogP contribution in [0.2, 0.25) is 0 Å². The summed E-state index contributed by atoms with van der Waals surface area (Å²) in [5.74, 6) is -0.815. The third kappa shape index (κ3) is 9.03. The summed E-state index contributed by atoms with van der Waals surface area (Å²) in [6.45, 7) is -0.688. The Hall–Kier alpha value is -0.710. The maximum absolute atomic E-state index is 9.76. The number of nitrogens with two attached hydrogens (primary N) is 1. The third-order valence-electron chi connectivity index (χ3n) is 1.58. The summed E-state index contributed by atoms with van der Waals surface area (Å²) >= 11 is 3.65. The summed E-state index contributed by atoms with van der Waals surface area (Å²) in [5.41, 5.74) is 4.94. The van der Waals surface area contributed by atoms with Crippen molar-refractivity contribution in [1.29, 1.82) is 0 Å². The molecule has 0 fully saturated rings. The summed E-state index contributed by atoms with van der Waals surface area (Å²) in [6, 6.07) is -0.816. The van der Waals surface area contributed by atoms with Crippen LogP contribution in [-0.4, -0.2) is 74.5 Å². The van der Waals surface area contributed by atoms with E-state index in [-0.39, 0.29) is 12.0 Å². The predicted octanol–water partition coefficient (Wildman–Crippen LogP) is -3.41. The highest BCUT2D eigenvalue weighted by Gasteiger charge is 2.22. The van der Waals surface area contributed by atoms with E-state index < -0.39 is 36.9 Å². The number of thiol groups is 1. The van der Waals surface area contributed by atoms with Gasteiger partial charge in [0.2, 0.25) is 0 Å². The number of aliphatic hydroxyl groups is 4. The lowest BCUT2D eigenvalue weighted by Gasteiger charge is -2.16. The smallest absolute Gasteiger partial charge is 0.321 e. The molecule has 4 atom stereocenters. The Morgan fingerprint density at radius 3 is 2.00 bits per heavy atom. The summed E-state index contributed by atoms with van der Waals surface area (Å²) in [7, 11) is 0. The SMILES string of the molecule is N[C@@H](CS)C(=O)O.O=C[C@H](O)[C@@H](O)[C@H](O)CO. The van der Waals surface area contributed by atoms with Crippen molar-refractivity contribution in [3.8, 4) is 0 Å². The molecule has 7 N–H and O–H groups in total. The molecule has 9 heteroatoms. The van der Waals surface area contributed by atoms with Crippen LogP contribution in [-0.2, 0) is 9.59 Å². The number of hydrogen-bond acceptors (Lipinski definition) is 8. The Morgan fingerprint density at radius 2 is 1.82 bits per heavy atom. The fourth-order valence-corrected chi connectivity index (χ4v) is 0.650. The fourth-order valence-electron chi connectivity index (χ4n) is 0.494. The summed E-state index contributed by atoms with van der Waals surface area (Å²) in [6.07, 6.45) is -4.63. The Morgan fingerprint density at radius 1 is 1.35 bits per heavy atom. The van der Waals surface area contributed by atoms with Crippen LogP contribution >= 0.6 is 12.6 Å². The van der Waals surface area contributed by atoms with Gasteiger partial charge in [-0.2, -0.15) is 12.6 Å². The minimum absolute atomic E-state index is 0.0869. The van der Waals surface area contributed by atoms with E-state index in [0.717, 1.165) is 0 Å². The summed E-state index contributed by atoms with van der Waals surface area (Å²) in [4.78, 5) is 19.5. The van der Waals surface area contributed by atoms with E-state index in [0.29, 0.717) is 0 Å². The maximum atomic E-state index is 9.76. The number of carboxylic acids is 1. The Bertz CT molecular complexity index is 228. The first kappa shape index (κ1) is 18.6. The van der Waals surface area contributed by atoms with Crippen molar-refractivity contribution in [3.63, 3.8) is 0 Å². The highest BCUT2D eigenvalue weighted by Crippen LogP contribution is 1.96. The number of carbonyl (C=O) groups is 2. The van der Waals surface area contributed by atoms with Gasteiger partial charge in [-0.3, -0.25) is 4.79 Å². The molecule has 8 nitrogen and oxygen atoms in total. The van der Waals surface area contributed by atoms with Gasteiger partial charge in [0.1, 0.15) is 24.4 Å². The van der Waals surface area contributed by atoms with Crippen molar-refractivity contribution in [2.75, 3.05) is 12.4 Å². The molecule has 102 valence electrons. The molecule has 0 amide bonds. The molecule has 0 rings (SSSR count). The van der Waals surface area contributed by atoms with E-state index in [2.05, 4.69) is 12.6 Å². The topological polar surface area (TPSA) is 161 Å². The zero-order valence-corrected chi connectivity index (χ0v) is 9.77. The highest BCUT2D eigenvalue weighted by atomic mass is 32.1. The van der Waals surface area contributed by atoms with Gasteiger partial charge in [-0.25, -0.2) is 0 Å².